The Morgan fingerprint density at radius 2 is 1.83 bits per heavy atom. The molecular weight excluding hydrogens is 462 g/mol. The van der Waals surface area contributed by atoms with E-state index in [0.29, 0.717) is 38.0 Å². The third kappa shape index (κ3) is 3.97. The molecule has 4 amide bonds. The highest BCUT2D eigenvalue weighted by Gasteiger charge is 2.45. The maximum atomic E-state index is 13.4. The van der Waals surface area contributed by atoms with E-state index in [0.717, 1.165) is 4.90 Å². The molecule has 4 heterocycles. The first kappa shape index (κ1) is 23.1. The van der Waals surface area contributed by atoms with E-state index in [9.17, 15) is 28.0 Å². The number of nitrogen functional groups attached to an aromatic ring is 1. The van der Waals surface area contributed by atoms with Gasteiger partial charge in [-0.1, -0.05) is 12.1 Å². The molecule has 3 aliphatic heterocycles. The van der Waals surface area contributed by atoms with Crippen LogP contribution in [0, 0.1) is 0 Å². The molecule has 1 atom stereocenters. The van der Waals surface area contributed by atoms with Crippen LogP contribution in [0.2, 0.25) is 0 Å². The van der Waals surface area contributed by atoms with Crippen LogP contribution in [-0.4, -0.2) is 62.3 Å². The molecule has 2 saturated heterocycles. The van der Waals surface area contributed by atoms with E-state index >= 15 is 0 Å². The Morgan fingerprint density at radius 3 is 2.51 bits per heavy atom. The Hall–Kier alpha value is -3.67. The number of piperidine rings is 2. The number of nitrogens with two attached hydrogens (primary N) is 1. The molecule has 1 aromatic heterocycles. The van der Waals surface area contributed by atoms with Gasteiger partial charge in [0.15, 0.2) is 0 Å². The number of nitrogens with one attached hydrogen (secondary N) is 1. The molecule has 3 N–H and O–H groups in total. The van der Waals surface area contributed by atoms with Gasteiger partial charge in [0, 0.05) is 26.1 Å². The lowest BCUT2D eigenvalue weighted by atomic mass is 10.00. The second-order valence-corrected chi connectivity index (χ2v) is 9.02. The minimum absolute atomic E-state index is 0.0222. The summed E-state index contributed by atoms with van der Waals surface area (Å²) in [5.74, 6) is -2.17. The molecule has 0 saturated carbocycles. The number of amides is 4. The molecule has 2 aromatic rings. The summed E-state index contributed by atoms with van der Waals surface area (Å²) in [6.45, 7) is 1.55. The first-order valence-electron chi connectivity index (χ1n) is 11.4. The third-order valence-corrected chi connectivity index (χ3v) is 6.92. The molecule has 1 aromatic carbocycles. The van der Waals surface area contributed by atoms with Gasteiger partial charge in [0.2, 0.25) is 11.8 Å². The van der Waals surface area contributed by atoms with Crippen molar-refractivity contribution in [3.63, 3.8) is 0 Å². The standard InChI is InChI=1S/C23H24F2N6O4/c24-20(25)19-15(26)10-27-31(19)13-6-8-29(9-7-13)11-12-2-1-3-14-18(12)23(35)30(22(14)34)16-4-5-17(32)28-21(16)33/h1-3,10,13,16,20H,4-9,11,26H2,(H,28,32,33). The quantitative estimate of drug-likeness (QED) is 0.615. The first-order valence-corrected chi connectivity index (χ1v) is 11.4. The Bertz CT molecular complexity index is 1220. The fraction of sp³-hybridized carbons (Fsp3) is 0.435. The maximum absolute atomic E-state index is 13.4. The van der Waals surface area contributed by atoms with E-state index in [1.54, 1.807) is 18.2 Å². The lowest BCUT2D eigenvalue weighted by molar-refractivity contribution is -0.136. The van der Waals surface area contributed by atoms with Crippen LogP contribution in [0.4, 0.5) is 14.5 Å². The average Bonchev–Trinajstić information content (AvgIpc) is 3.33. The molecule has 0 bridgehead atoms. The van der Waals surface area contributed by atoms with Gasteiger partial charge >= 0.3 is 0 Å². The highest BCUT2D eigenvalue weighted by molar-refractivity contribution is 6.24. The molecule has 5 rings (SSSR count). The average molecular weight is 486 g/mol. The van der Waals surface area contributed by atoms with Crippen LogP contribution < -0.4 is 11.1 Å². The summed E-state index contributed by atoms with van der Waals surface area (Å²) < 4.78 is 28.1. The van der Waals surface area contributed by atoms with Crippen molar-refractivity contribution < 1.29 is 28.0 Å². The zero-order valence-electron chi connectivity index (χ0n) is 18.7. The Morgan fingerprint density at radius 1 is 1.09 bits per heavy atom. The number of imide groups is 2. The lowest BCUT2D eigenvalue weighted by Gasteiger charge is -2.33. The number of carbonyl (C=O) groups excluding carboxylic acids is 4. The highest BCUT2D eigenvalue weighted by atomic mass is 19.3. The number of benzene rings is 1. The number of hydrogen-bond donors (Lipinski definition) is 2. The molecule has 35 heavy (non-hydrogen) atoms. The van der Waals surface area contributed by atoms with Crippen LogP contribution in [0.1, 0.15) is 70.1 Å². The van der Waals surface area contributed by atoms with Crippen LogP contribution in [0.15, 0.2) is 24.4 Å². The largest absolute Gasteiger partial charge is 0.396 e. The minimum atomic E-state index is -2.71. The number of carbonyl (C=O) groups is 4. The number of alkyl halides is 2. The highest BCUT2D eigenvalue weighted by Crippen LogP contribution is 2.34. The summed E-state index contributed by atoms with van der Waals surface area (Å²) in [5.41, 5.74) is 6.53. The van der Waals surface area contributed by atoms with Crippen LogP contribution in [0.3, 0.4) is 0 Å². The van der Waals surface area contributed by atoms with Crippen molar-refractivity contribution >= 4 is 29.3 Å². The fourth-order valence-electron chi connectivity index (χ4n) is 5.18. The number of aromatic nitrogens is 2. The Balaban J connectivity index is 1.30. The summed E-state index contributed by atoms with van der Waals surface area (Å²) in [6, 6.07) is 3.80. The molecule has 2 fully saturated rings. The van der Waals surface area contributed by atoms with Gasteiger partial charge in [-0.3, -0.25) is 39.0 Å². The summed E-state index contributed by atoms with van der Waals surface area (Å²) in [4.78, 5) is 53.1. The third-order valence-electron chi connectivity index (χ3n) is 6.92. The zero-order valence-corrected chi connectivity index (χ0v) is 18.7. The van der Waals surface area contributed by atoms with Crippen molar-refractivity contribution in [3.8, 4) is 0 Å². The predicted octanol–water partition coefficient (Wildman–Crippen LogP) is 1.64. The van der Waals surface area contributed by atoms with Crippen molar-refractivity contribution in [1.82, 2.24) is 24.9 Å². The van der Waals surface area contributed by atoms with E-state index in [2.05, 4.69) is 15.3 Å². The molecule has 0 radical (unpaired) electrons. The molecule has 0 aliphatic carbocycles. The molecular formula is C23H24F2N6O4. The smallest absolute Gasteiger partial charge is 0.282 e. The van der Waals surface area contributed by atoms with Gasteiger partial charge in [-0.2, -0.15) is 5.10 Å². The van der Waals surface area contributed by atoms with Crippen LogP contribution >= 0.6 is 0 Å². The molecule has 184 valence electrons. The number of nitrogens with zero attached hydrogens (tertiary/aromatic N) is 4. The van der Waals surface area contributed by atoms with Gasteiger partial charge in [-0.25, -0.2) is 8.78 Å². The van der Waals surface area contributed by atoms with Gasteiger partial charge in [0.25, 0.3) is 18.2 Å². The molecule has 12 heteroatoms. The Labute approximate surface area is 199 Å². The predicted molar refractivity (Wildman–Crippen MR) is 118 cm³/mol. The van der Waals surface area contributed by atoms with E-state index in [1.165, 1.54) is 10.9 Å². The SMILES string of the molecule is Nc1cnn(C2CCN(Cc3cccc4c3C(=O)N(C3CCC(=O)NC3=O)C4=O)CC2)c1C(F)F. The normalized spacial score (nSPS) is 21.7. The van der Waals surface area contributed by atoms with E-state index in [-0.39, 0.29) is 41.4 Å². The van der Waals surface area contributed by atoms with Crippen molar-refractivity contribution in [2.75, 3.05) is 18.8 Å². The lowest BCUT2D eigenvalue weighted by Crippen LogP contribution is -2.54. The van der Waals surface area contributed by atoms with Gasteiger partial charge in [-0.15, -0.1) is 0 Å². The van der Waals surface area contributed by atoms with Crippen LogP contribution in [0.25, 0.3) is 0 Å². The molecule has 3 aliphatic rings. The number of halogens is 2. The number of fused-ring (bicyclic) bond motifs is 1. The van der Waals surface area contributed by atoms with Gasteiger partial charge in [0.1, 0.15) is 11.7 Å². The van der Waals surface area contributed by atoms with E-state index in [4.69, 9.17) is 5.73 Å². The maximum Gasteiger partial charge on any atom is 0.282 e. The summed E-state index contributed by atoms with van der Waals surface area (Å²) in [5, 5.41) is 6.24. The summed E-state index contributed by atoms with van der Waals surface area (Å²) in [7, 11) is 0. The van der Waals surface area contributed by atoms with E-state index < -0.39 is 36.1 Å². The van der Waals surface area contributed by atoms with E-state index in [1.807, 2.05) is 0 Å². The molecule has 1 unspecified atom stereocenters. The van der Waals surface area contributed by atoms with Gasteiger partial charge in [0.05, 0.1) is 29.1 Å². The van der Waals surface area contributed by atoms with Crippen molar-refractivity contribution in [3.05, 3.63) is 46.8 Å². The van der Waals surface area contributed by atoms with Gasteiger partial charge in [-0.05, 0) is 30.9 Å². The van der Waals surface area contributed by atoms with Crippen molar-refractivity contribution in [2.24, 2.45) is 0 Å². The number of hydrogen-bond acceptors (Lipinski definition) is 7. The second kappa shape index (κ2) is 8.84. The number of rotatable bonds is 5. The first-order chi connectivity index (χ1) is 16.8. The Kier molecular flexibility index (Phi) is 5.83. The summed E-state index contributed by atoms with van der Waals surface area (Å²) >= 11 is 0. The fourth-order valence-corrected chi connectivity index (χ4v) is 5.18. The molecule has 0 spiro atoms. The number of anilines is 1. The topological polar surface area (TPSA) is 131 Å². The minimum Gasteiger partial charge on any atom is -0.396 e. The van der Waals surface area contributed by atoms with Crippen LogP contribution in [-0.2, 0) is 16.1 Å². The second-order valence-electron chi connectivity index (χ2n) is 9.02. The number of likely N-dealkylation sites (tertiary alicyclic amines) is 1. The molecule has 10 nitrogen and oxygen atoms in total. The van der Waals surface area contributed by atoms with Crippen LogP contribution in [0.5, 0.6) is 0 Å². The monoisotopic (exact) mass is 486 g/mol. The zero-order chi connectivity index (χ0) is 24.9. The van der Waals surface area contributed by atoms with Crippen molar-refractivity contribution in [2.45, 2.75) is 50.7 Å². The van der Waals surface area contributed by atoms with Crippen molar-refractivity contribution in [1.29, 1.82) is 0 Å². The summed E-state index contributed by atoms with van der Waals surface area (Å²) in [6.07, 6.45) is -0.162. The van der Waals surface area contributed by atoms with Gasteiger partial charge < -0.3 is 5.73 Å².